The first kappa shape index (κ1) is 19.1. The third kappa shape index (κ3) is 3.58. The zero-order chi connectivity index (χ0) is 19.8. The lowest BCUT2D eigenvalue weighted by molar-refractivity contribution is -0.0513. The fourth-order valence-electron chi connectivity index (χ4n) is 2.95. The van der Waals surface area contributed by atoms with Crippen LogP contribution in [0.25, 0.3) is 0 Å². The Morgan fingerprint density at radius 3 is 2.56 bits per heavy atom. The summed E-state index contributed by atoms with van der Waals surface area (Å²) in [7, 11) is -2.78. The topological polar surface area (TPSA) is 98.9 Å². The summed E-state index contributed by atoms with van der Waals surface area (Å²) < 4.78 is 61.5. The van der Waals surface area contributed by atoms with Gasteiger partial charge in [-0.05, 0) is 29.3 Å². The van der Waals surface area contributed by atoms with Crippen LogP contribution in [0.15, 0.2) is 41.3 Å². The zero-order valence-electron chi connectivity index (χ0n) is 14.2. The van der Waals surface area contributed by atoms with Gasteiger partial charge in [-0.25, -0.2) is 8.42 Å². The molecule has 2 aromatic rings. The molecule has 3 rings (SSSR count). The van der Waals surface area contributed by atoms with Gasteiger partial charge in [0, 0.05) is 24.7 Å². The van der Waals surface area contributed by atoms with E-state index in [9.17, 15) is 22.0 Å². The number of primary amides is 1. The van der Waals surface area contributed by atoms with Crippen molar-refractivity contribution in [2.75, 3.05) is 7.11 Å². The maximum atomic E-state index is 12.9. The Bertz CT molecular complexity index is 995. The number of fused-ring (bicyclic) bond motifs is 1. The summed E-state index contributed by atoms with van der Waals surface area (Å²) in [5.41, 5.74) is 6.79. The Labute approximate surface area is 154 Å². The number of alkyl halides is 2. The van der Waals surface area contributed by atoms with Crippen molar-refractivity contribution in [1.82, 2.24) is 4.31 Å². The number of methoxy groups -OCH3 is 1. The fourth-order valence-corrected chi connectivity index (χ4v) is 4.35. The molecule has 1 heterocycles. The van der Waals surface area contributed by atoms with Crippen LogP contribution < -0.4 is 15.2 Å². The normalized spacial score (nSPS) is 14.2. The van der Waals surface area contributed by atoms with E-state index >= 15 is 0 Å². The summed E-state index contributed by atoms with van der Waals surface area (Å²) >= 11 is 0. The van der Waals surface area contributed by atoms with Crippen LogP contribution in [0.4, 0.5) is 8.78 Å². The monoisotopic (exact) mass is 398 g/mol. The highest BCUT2D eigenvalue weighted by molar-refractivity contribution is 7.89. The van der Waals surface area contributed by atoms with Crippen molar-refractivity contribution in [3.8, 4) is 11.5 Å². The van der Waals surface area contributed by atoms with Gasteiger partial charge in [-0.3, -0.25) is 4.79 Å². The Morgan fingerprint density at radius 2 is 1.93 bits per heavy atom. The van der Waals surface area contributed by atoms with E-state index in [0.717, 1.165) is 10.4 Å². The number of amides is 1. The van der Waals surface area contributed by atoms with E-state index in [1.165, 1.54) is 25.3 Å². The van der Waals surface area contributed by atoms with E-state index in [-0.39, 0.29) is 35.0 Å². The molecule has 0 saturated carbocycles. The number of carbonyl (C=O) groups is 1. The second-order valence-electron chi connectivity index (χ2n) is 5.77. The third-order valence-electron chi connectivity index (χ3n) is 4.21. The van der Waals surface area contributed by atoms with Crippen molar-refractivity contribution < 1.29 is 31.5 Å². The van der Waals surface area contributed by atoms with Crippen LogP contribution in [0.3, 0.4) is 0 Å². The molecule has 0 radical (unpaired) electrons. The molecular weight excluding hydrogens is 382 g/mol. The highest BCUT2D eigenvalue weighted by Gasteiger charge is 2.33. The van der Waals surface area contributed by atoms with Crippen molar-refractivity contribution in [3.05, 3.63) is 53.1 Å². The van der Waals surface area contributed by atoms with Gasteiger partial charge in [0.05, 0.1) is 12.0 Å². The first-order chi connectivity index (χ1) is 12.7. The van der Waals surface area contributed by atoms with Gasteiger partial charge in [0.2, 0.25) is 15.9 Å². The van der Waals surface area contributed by atoms with Gasteiger partial charge < -0.3 is 15.2 Å². The molecule has 0 saturated heterocycles. The van der Waals surface area contributed by atoms with Crippen molar-refractivity contribution >= 4 is 15.9 Å². The molecule has 0 fully saturated rings. The molecule has 1 aliphatic rings. The number of nitrogens with two attached hydrogens (primary N) is 1. The summed E-state index contributed by atoms with van der Waals surface area (Å²) in [4.78, 5) is 11.3. The standard InChI is InChI=1S/C17H16F2N2O5S/c1-25-14-6-5-11(7-15(14)26-17(18)19)27(23,24)21-8-10-3-2-4-12(16(20)22)13(10)9-21/h2-7,17H,8-9H2,1H3,(H2,20,22). The average molecular weight is 398 g/mol. The molecule has 0 aliphatic carbocycles. The molecule has 10 heteroatoms. The lowest BCUT2D eigenvalue weighted by Gasteiger charge is -2.17. The second-order valence-corrected chi connectivity index (χ2v) is 7.71. The van der Waals surface area contributed by atoms with Gasteiger partial charge in [-0.2, -0.15) is 13.1 Å². The Balaban J connectivity index is 1.96. The van der Waals surface area contributed by atoms with E-state index in [4.69, 9.17) is 10.5 Å². The van der Waals surface area contributed by atoms with Crippen LogP contribution in [0.1, 0.15) is 21.5 Å². The quantitative estimate of drug-likeness (QED) is 0.803. The van der Waals surface area contributed by atoms with Crippen LogP contribution in [-0.2, 0) is 23.1 Å². The number of hydrogen-bond donors (Lipinski definition) is 1. The Morgan fingerprint density at radius 1 is 1.19 bits per heavy atom. The van der Waals surface area contributed by atoms with Crippen molar-refractivity contribution in [3.63, 3.8) is 0 Å². The summed E-state index contributed by atoms with van der Waals surface area (Å²) in [6, 6.07) is 8.32. The average Bonchev–Trinajstić information content (AvgIpc) is 3.06. The minimum absolute atomic E-state index is 0.0185. The molecule has 1 amide bonds. The predicted octanol–water partition coefficient (Wildman–Crippen LogP) is 2.10. The van der Waals surface area contributed by atoms with Crippen LogP contribution >= 0.6 is 0 Å². The number of nitrogens with zero attached hydrogens (tertiary/aromatic N) is 1. The number of halogens is 2. The fraction of sp³-hybridized carbons (Fsp3) is 0.235. The molecule has 0 unspecified atom stereocenters. The molecule has 0 bridgehead atoms. The summed E-state index contributed by atoms with van der Waals surface area (Å²) in [6.45, 7) is -3.14. The Kier molecular flexibility index (Phi) is 5.03. The lowest BCUT2D eigenvalue weighted by atomic mass is 10.0. The van der Waals surface area contributed by atoms with Crippen molar-refractivity contribution in [2.45, 2.75) is 24.6 Å². The van der Waals surface area contributed by atoms with Gasteiger partial charge >= 0.3 is 6.61 Å². The first-order valence-electron chi connectivity index (χ1n) is 7.77. The predicted molar refractivity (Wildman–Crippen MR) is 91.0 cm³/mol. The van der Waals surface area contributed by atoms with Gasteiger partial charge in [0.1, 0.15) is 0 Å². The minimum Gasteiger partial charge on any atom is -0.493 e. The molecular formula is C17H16F2N2O5S. The van der Waals surface area contributed by atoms with Crippen molar-refractivity contribution in [2.24, 2.45) is 5.73 Å². The summed E-state index contributed by atoms with van der Waals surface area (Å²) in [6.07, 6.45) is 0. The maximum Gasteiger partial charge on any atom is 0.387 e. The number of ether oxygens (including phenoxy) is 2. The molecule has 0 spiro atoms. The lowest BCUT2D eigenvalue weighted by Crippen LogP contribution is -2.26. The third-order valence-corrected chi connectivity index (χ3v) is 6.00. The number of hydrogen-bond acceptors (Lipinski definition) is 5. The SMILES string of the molecule is COc1ccc(S(=O)(=O)N2Cc3cccc(C(N)=O)c3C2)cc1OC(F)F. The molecule has 2 aromatic carbocycles. The van der Waals surface area contributed by atoms with Crippen LogP contribution in [0.5, 0.6) is 11.5 Å². The number of rotatable bonds is 6. The van der Waals surface area contributed by atoms with E-state index in [1.54, 1.807) is 12.1 Å². The van der Waals surface area contributed by atoms with E-state index in [2.05, 4.69) is 4.74 Å². The molecule has 0 atom stereocenters. The van der Waals surface area contributed by atoms with Crippen LogP contribution in [-0.4, -0.2) is 32.4 Å². The molecule has 1 aliphatic heterocycles. The molecule has 144 valence electrons. The zero-order valence-corrected chi connectivity index (χ0v) is 15.0. The summed E-state index contributed by atoms with van der Waals surface area (Å²) in [5, 5.41) is 0. The Hall–Kier alpha value is -2.72. The number of carbonyl (C=O) groups excluding carboxylic acids is 1. The van der Waals surface area contributed by atoms with Crippen LogP contribution in [0.2, 0.25) is 0 Å². The smallest absolute Gasteiger partial charge is 0.387 e. The minimum atomic E-state index is -4.03. The highest BCUT2D eigenvalue weighted by Crippen LogP contribution is 2.35. The first-order valence-corrected chi connectivity index (χ1v) is 9.21. The van der Waals surface area contributed by atoms with E-state index in [1.807, 2.05) is 0 Å². The molecule has 27 heavy (non-hydrogen) atoms. The summed E-state index contributed by atoms with van der Waals surface area (Å²) in [5.74, 6) is -1.05. The van der Waals surface area contributed by atoms with Gasteiger partial charge in [-0.15, -0.1) is 0 Å². The van der Waals surface area contributed by atoms with E-state index < -0.39 is 22.5 Å². The second kappa shape index (κ2) is 7.12. The van der Waals surface area contributed by atoms with Gasteiger partial charge in [-0.1, -0.05) is 12.1 Å². The number of sulfonamides is 1. The largest absolute Gasteiger partial charge is 0.493 e. The molecule has 0 aromatic heterocycles. The highest BCUT2D eigenvalue weighted by atomic mass is 32.2. The van der Waals surface area contributed by atoms with Gasteiger partial charge in [0.15, 0.2) is 11.5 Å². The van der Waals surface area contributed by atoms with Crippen molar-refractivity contribution in [1.29, 1.82) is 0 Å². The molecule has 2 N–H and O–H groups in total. The van der Waals surface area contributed by atoms with E-state index in [0.29, 0.717) is 11.1 Å². The maximum absolute atomic E-state index is 12.9. The number of benzene rings is 2. The van der Waals surface area contributed by atoms with Gasteiger partial charge in [0.25, 0.3) is 0 Å². The molecule has 7 nitrogen and oxygen atoms in total. The van der Waals surface area contributed by atoms with Crippen LogP contribution in [0, 0.1) is 0 Å².